The van der Waals surface area contributed by atoms with Gasteiger partial charge in [-0.25, -0.2) is 4.39 Å². The van der Waals surface area contributed by atoms with Gasteiger partial charge in [0.25, 0.3) is 0 Å². The molecule has 0 heterocycles. The van der Waals surface area contributed by atoms with Gasteiger partial charge in [0.15, 0.2) is 0 Å². The molecule has 1 aromatic rings. The van der Waals surface area contributed by atoms with Gasteiger partial charge in [0.2, 0.25) is 0 Å². The lowest BCUT2D eigenvalue weighted by atomic mass is 10.0. The number of benzene rings is 1. The van der Waals surface area contributed by atoms with Gasteiger partial charge in [0.1, 0.15) is 11.6 Å². The molecular formula is C15H18ClFO. The summed E-state index contributed by atoms with van der Waals surface area (Å²) in [4.78, 5) is 12.3. The molecular weight excluding hydrogens is 251 g/mol. The molecule has 1 aliphatic rings. The van der Waals surface area contributed by atoms with Gasteiger partial charge in [-0.05, 0) is 34.6 Å². The molecule has 3 heteroatoms. The van der Waals surface area contributed by atoms with Crippen molar-refractivity contribution in [2.45, 2.75) is 34.1 Å². The second-order valence-electron chi connectivity index (χ2n) is 6.26. The summed E-state index contributed by atoms with van der Waals surface area (Å²) in [5, 5.41) is 0.459. The lowest BCUT2D eigenvalue weighted by Gasteiger charge is -2.05. The molecule has 1 nitrogen and oxygen atoms in total. The molecule has 1 aromatic carbocycles. The molecule has 1 fully saturated rings. The van der Waals surface area contributed by atoms with Crippen molar-refractivity contribution in [3.8, 4) is 0 Å². The third kappa shape index (κ3) is 1.97. The monoisotopic (exact) mass is 268 g/mol. The van der Waals surface area contributed by atoms with Crippen molar-refractivity contribution in [2.75, 3.05) is 0 Å². The fourth-order valence-corrected chi connectivity index (χ4v) is 3.15. The highest BCUT2D eigenvalue weighted by molar-refractivity contribution is 6.31. The van der Waals surface area contributed by atoms with Crippen LogP contribution in [0.25, 0.3) is 0 Å². The summed E-state index contributed by atoms with van der Waals surface area (Å²) in [5.41, 5.74) is 0.619. The van der Waals surface area contributed by atoms with E-state index in [4.69, 9.17) is 11.6 Å². The zero-order chi connectivity index (χ0) is 13.7. The van der Waals surface area contributed by atoms with Crippen molar-refractivity contribution in [1.29, 1.82) is 0 Å². The molecule has 0 radical (unpaired) electrons. The van der Waals surface area contributed by atoms with Gasteiger partial charge < -0.3 is 0 Å². The van der Waals surface area contributed by atoms with Gasteiger partial charge in [0, 0.05) is 17.4 Å². The molecule has 98 valence electrons. The zero-order valence-corrected chi connectivity index (χ0v) is 11.9. The number of carbonyl (C=O) groups excluding carboxylic acids is 1. The number of Topliss-reactive ketones (excluding diaryl/α,β-unsaturated/α-hetero) is 1. The van der Waals surface area contributed by atoms with Crippen LogP contribution in [0.15, 0.2) is 18.2 Å². The standard InChI is InChI=1S/C15H18ClFO/c1-14(2)13(15(14,3)4)12(18)8-9-7-10(17)5-6-11(9)16/h5-7,13H,8H2,1-4H3. The van der Waals surface area contributed by atoms with Gasteiger partial charge in [-0.1, -0.05) is 39.3 Å². The molecule has 1 aliphatic carbocycles. The van der Waals surface area contributed by atoms with Crippen molar-refractivity contribution in [2.24, 2.45) is 16.7 Å². The Balaban J connectivity index is 2.17. The average molecular weight is 269 g/mol. The van der Waals surface area contributed by atoms with Gasteiger partial charge in [-0.2, -0.15) is 0 Å². The summed E-state index contributed by atoms with van der Waals surface area (Å²) >= 11 is 5.99. The first-order chi connectivity index (χ1) is 8.18. The first kappa shape index (κ1) is 13.5. The smallest absolute Gasteiger partial charge is 0.141 e. The predicted molar refractivity (Wildman–Crippen MR) is 71.2 cm³/mol. The average Bonchev–Trinajstić information content (AvgIpc) is 2.63. The minimum absolute atomic E-state index is 0.0177. The summed E-state index contributed by atoms with van der Waals surface area (Å²) in [7, 11) is 0. The van der Waals surface area contributed by atoms with E-state index in [1.54, 1.807) is 0 Å². The van der Waals surface area contributed by atoms with Crippen molar-refractivity contribution >= 4 is 17.4 Å². The van der Waals surface area contributed by atoms with Crippen LogP contribution in [0.3, 0.4) is 0 Å². The van der Waals surface area contributed by atoms with Crippen LogP contribution in [0.4, 0.5) is 4.39 Å². The van der Waals surface area contributed by atoms with Gasteiger partial charge in [0.05, 0.1) is 0 Å². The van der Waals surface area contributed by atoms with E-state index in [0.29, 0.717) is 10.6 Å². The number of hydrogen-bond donors (Lipinski definition) is 0. The number of halogens is 2. The maximum Gasteiger partial charge on any atom is 0.141 e. The number of carbonyl (C=O) groups is 1. The number of ketones is 1. The Morgan fingerprint density at radius 3 is 2.33 bits per heavy atom. The van der Waals surface area contributed by atoms with E-state index < -0.39 is 0 Å². The van der Waals surface area contributed by atoms with Crippen LogP contribution < -0.4 is 0 Å². The Morgan fingerprint density at radius 2 is 1.83 bits per heavy atom. The maximum absolute atomic E-state index is 13.1. The van der Waals surface area contributed by atoms with Gasteiger partial charge in [-0.3, -0.25) is 4.79 Å². The topological polar surface area (TPSA) is 17.1 Å². The highest BCUT2D eigenvalue weighted by Crippen LogP contribution is 2.68. The molecule has 2 rings (SSSR count). The van der Waals surface area contributed by atoms with E-state index >= 15 is 0 Å². The van der Waals surface area contributed by atoms with E-state index in [2.05, 4.69) is 27.7 Å². The summed E-state index contributed by atoms with van der Waals surface area (Å²) in [5.74, 6) is -0.168. The lowest BCUT2D eigenvalue weighted by molar-refractivity contribution is -0.120. The second kappa shape index (κ2) is 4.06. The maximum atomic E-state index is 13.1. The van der Waals surface area contributed by atoms with Crippen LogP contribution in [0, 0.1) is 22.6 Å². The SMILES string of the molecule is CC1(C)C(C(=O)Cc2cc(F)ccc2Cl)C1(C)C. The third-order valence-electron chi connectivity index (χ3n) is 4.72. The Kier molecular flexibility index (Phi) is 3.05. The van der Waals surface area contributed by atoms with Crippen LogP contribution in [0.1, 0.15) is 33.3 Å². The van der Waals surface area contributed by atoms with Crippen LogP contribution >= 0.6 is 11.6 Å². The Labute approximate surface area is 112 Å². The molecule has 0 atom stereocenters. The molecule has 0 bridgehead atoms. The predicted octanol–water partition coefficient (Wildman–Crippen LogP) is 4.27. The largest absolute Gasteiger partial charge is 0.299 e. The van der Waals surface area contributed by atoms with Gasteiger partial charge in [-0.15, -0.1) is 0 Å². The molecule has 0 N–H and O–H groups in total. The Bertz CT molecular complexity index is 491. The normalized spacial score (nSPS) is 20.8. The zero-order valence-electron chi connectivity index (χ0n) is 11.2. The van der Waals surface area contributed by atoms with E-state index in [-0.39, 0.29) is 34.8 Å². The fourth-order valence-electron chi connectivity index (χ4n) is 2.97. The molecule has 0 unspecified atom stereocenters. The summed E-state index contributed by atoms with van der Waals surface area (Å²) in [6.45, 7) is 8.40. The summed E-state index contributed by atoms with van der Waals surface area (Å²) in [6.07, 6.45) is 0.216. The molecule has 0 aliphatic heterocycles. The van der Waals surface area contributed by atoms with Crippen LogP contribution in [-0.2, 0) is 11.2 Å². The van der Waals surface area contributed by atoms with Crippen LogP contribution in [0.5, 0.6) is 0 Å². The van der Waals surface area contributed by atoms with E-state index in [1.807, 2.05) is 0 Å². The second-order valence-corrected chi connectivity index (χ2v) is 6.66. The van der Waals surface area contributed by atoms with E-state index in [1.165, 1.54) is 18.2 Å². The highest BCUT2D eigenvalue weighted by Gasteiger charge is 2.67. The molecule has 0 amide bonds. The van der Waals surface area contributed by atoms with Crippen molar-refractivity contribution in [3.05, 3.63) is 34.6 Å². The van der Waals surface area contributed by atoms with E-state index in [9.17, 15) is 9.18 Å². The van der Waals surface area contributed by atoms with Crippen LogP contribution in [0.2, 0.25) is 5.02 Å². The summed E-state index contributed by atoms with van der Waals surface area (Å²) < 4.78 is 13.1. The first-order valence-corrected chi connectivity index (χ1v) is 6.52. The molecule has 0 spiro atoms. The van der Waals surface area contributed by atoms with Gasteiger partial charge >= 0.3 is 0 Å². The lowest BCUT2D eigenvalue weighted by Crippen LogP contribution is -2.10. The molecule has 1 saturated carbocycles. The fraction of sp³-hybridized carbons (Fsp3) is 0.533. The molecule has 0 aromatic heterocycles. The first-order valence-electron chi connectivity index (χ1n) is 6.14. The van der Waals surface area contributed by atoms with E-state index in [0.717, 1.165) is 0 Å². The molecule has 0 saturated heterocycles. The Hall–Kier alpha value is -0.890. The Morgan fingerprint density at radius 1 is 1.28 bits per heavy atom. The third-order valence-corrected chi connectivity index (χ3v) is 5.08. The minimum Gasteiger partial charge on any atom is -0.299 e. The minimum atomic E-state index is -0.350. The van der Waals surface area contributed by atoms with Crippen molar-refractivity contribution in [1.82, 2.24) is 0 Å². The summed E-state index contributed by atoms with van der Waals surface area (Å²) in [6, 6.07) is 4.16. The quantitative estimate of drug-likeness (QED) is 0.800. The van der Waals surface area contributed by atoms with Crippen molar-refractivity contribution in [3.63, 3.8) is 0 Å². The molecule has 18 heavy (non-hydrogen) atoms. The van der Waals surface area contributed by atoms with Crippen molar-refractivity contribution < 1.29 is 9.18 Å². The van der Waals surface area contributed by atoms with Crippen LogP contribution in [-0.4, -0.2) is 5.78 Å². The number of rotatable bonds is 3. The highest BCUT2D eigenvalue weighted by atomic mass is 35.5. The number of hydrogen-bond acceptors (Lipinski definition) is 1.